The van der Waals surface area contributed by atoms with Gasteiger partial charge in [-0.2, -0.15) is 0 Å². The van der Waals surface area contributed by atoms with Crippen molar-refractivity contribution in [3.8, 4) is 0 Å². The summed E-state index contributed by atoms with van der Waals surface area (Å²) in [7, 11) is 0. The molecule has 5 nitrogen and oxygen atoms in total. The Labute approximate surface area is 96.6 Å². The molecular weight excluding hydrogens is 208 g/mol. The van der Waals surface area contributed by atoms with E-state index in [1.807, 2.05) is 13.8 Å². The smallest absolute Gasteiger partial charge is 0.223 e. The van der Waals surface area contributed by atoms with Crippen molar-refractivity contribution in [2.45, 2.75) is 38.3 Å². The topological polar surface area (TPSA) is 75.8 Å². The van der Waals surface area contributed by atoms with Gasteiger partial charge < -0.3 is 20.5 Å². The van der Waals surface area contributed by atoms with E-state index in [-0.39, 0.29) is 24.1 Å². The summed E-state index contributed by atoms with van der Waals surface area (Å²) in [6.07, 6.45) is 1.08. The molecule has 1 aliphatic heterocycles. The zero-order valence-electron chi connectivity index (χ0n) is 10.1. The standard InChI is InChI=1S/C11H22N2O3/c1-11(2,12)4-3-10(15)13-5-6-16-8-9(13)7-14/h9,14H,3-8,12H2,1-2H3. The number of ether oxygens (including phenoxy) is 1. The number of carbonyl (C=O) groups excluding carboxylic acids is 1. The molecule has 1 rings (SSSR count). The molecule has 1 atom stereocenters. The van der Waals surface area contributed by atoms with Gasteiger partial charge in [0.1, 0.15) is 0 Å². The summed E-state index contributed by atoms with van der Waals surface area (Å²) in [5, 5.41) is 9.14. The Morgan fingerprint density at radius 3 is 2.88 bits per heavy atom. The van der Waals surface area contributed by atoms with E-state index in [2.05, 4.69) is 0 Å². The van der Waals surface area contributed by atoms with E-state index in [0.29, 0.717) is 32.6 Å². The van der Waals surface area contributed by atoms with Crippen molar-refractivity contribution in [3.63, 3.8) is 0 Å². The number of aliphatic hydroxyl groups is 1. The minimum absolute atomic E-state index is 0.0439. The van der Waals surface area contributed by atoms with Gasteiger partial charge in [0.15, 0.2) is 0 Å². The van der Waals surface area contributed by atoms with Gasteiger partial charge in [-0.1, -0.05) is 0 Å². The Balaban J connectivity index is 2.45. The van der Waals surface area contributed by atoms with E-state index in [1.54, 1.807) is 4.90 Å². The molecule has 0 aromatic heterocycles. The van der Waals surface area contributed by atoms with Crippen molar-refractivity contribution in [1.82, 2.24) is 4.90 Å². The molecule has 1 heterocycles. The first-order valence-corrected chi connectivity index (χ1v) is 5.71. The molecule has 16 heavy (non-hydrogen) atoms. The van der Waals surface area contributed by atoms with Crippen LogP contribution in [0, 0.1) is 0 Å². The molecule has 1 amide bonds. The molecule has 94 valence electrons. The van der Waals surface area contributed by atoms with Gasteiger partial charge >= 0.3 is 0 Å². The van der Waals surface area contributed by atoms with E-state index < -0.39 is 0 Å². The van der Waals surface area contributed by atoms with Crippen LogP contribution in [-0.4, -0.2) is 53.9 Å². The Morgan fingerprint density at radius 1 is 1.62 bits per heavy atom. The molecule has 5 heteroatoms. The second kappa shape index (κ2) is 5.61. The molecule has 0 saturated carbocycles. The maximum Gasteiger partial charge on any atom is 0.223 e. The van der Waals surface area contributed by atoms with E-state index >= 15 is 0 Å². The molecule has 0 aromatic carbocycles. The van der Waals surface area contributed by atoms with E-state index in [9.17, 15) is 4.79 Å². The fourth-order valence-corrected chi connectivity index (χ4v) is 1.71. The number of carbonyl (C=O) groups is 1. The quantitative estimate of drug-likeness (QED) is 0.696. The number of aliphatic hydroxyl groups excluding tert-OH is 1. The van der Waals surface area contributed by atoms with Crippen LogP contribution in [0.2, 0.25) is 0 Å². The molecule has 1 saturated heterocycles. The van der Waals surface area contributed by atoms with Gasteiger partial charge in [-0.15, -0.1) is 0 Å². The van der Waals surface area contributed by atoms with Crippen molar-refractivity contribution in [2.24, 2.45) is 5.73 Å². The highest BCUT2D eigenvalue weighted by Gasteiger charge is 2.27. The van der Waals surface area contributed by atoms with E-state index in [0.717, 1.165) is 0 Å². The summed E-state index contributed by atoms with van der Waals surface area (Å²) < 4.78 is 5.22. The minimum atomic E-state index is -0.323. The third kappa shape index (κ3) is 4.08. The predicted molar refractivity (Wildman–Crippen MR) is 60.9 cm³/mol. The summed E-state index contributed by atoms with van der Waals surface area (Å²) in [5.41, 5.74) is 5.51. The van der Waals surface area contributed by atoms with Crippen LogP contribution in [0.15, 0.2) is 0 Å². The Bertz CT molecular complexity index is 238. The number of hydrogen-bond donors (Lipinski definition) is 2. The highest BCUT2D eigenvalue weighted by molar-refractivity contribution is 5.76. The van der Waals surface area contributed by atoms with Crippen LogP contribution in [0.5, 0.6) is 0 Å². The summed E-state index contributed by atoms with van der Waals surface area (Å²) >= 11 is 0. The first-order valence-electron chi connectivity index (χ1n) is 5.71. The Kier molecular flexibility index (Phi) is 4.70. The van der Waals surface area contributed by atoms with Gasteiger partial charge in [-0.25, -0.2) is 0 Å². The first kappa shape index (κ1) is 13.4. The summed E-state index contributed by atoms with van der Waals surface area (Å²) in [6.45, 7) is 5.31. The number of rotatable bonds is 4. The summed E-state index contributed by atoms with van der Waals surface area (Å²) in [6, 6.07) is -0.192. The third-order valence-electron chi connectivity index (χ3n) is 2.74. The fraction of sp³-hybridized carbons (Fsp3) is 0.909. The lowest BCUT2D eigenvalue weighted by Gasteiger charge is -2.35. The molecule has 1 fully saturated rings. The van der Waals surface area contributed by atoms with Crippen LogP contribution in [0.4, 0.5) is 0 Å². The van der Waals surface area contributed by atoms with E-state index in [1.165, 1.54) is 0 Å². The van der Waals surface area contributed by atoms with Crippen LogP contribution in [0.25, 0.3) is 0 Å². The highest BCUT2D eigenvalue weighted by atomic mass is 16.5. The number of morpholine rings is 1. The summed E-state index contributed by atoms with van der Waals surface area (Å²) in [4.78, 5) is 13.6. The lowest BCUT2D eigenvalue weighted by atomic mass is 9.99. The van der Waals surface area contributed by atoms with Crippen LogP contribution < -0.4 is 5.73 Å². The second-order valence-electron chi connectivity index (χ2n) is 4.99. The first-order chi connectivity index (χ1) is 7.44. The number of amides is 1. The van der Waals surface area contributed by atoms with Gasteiger partial charge in [0.25, 0.3) is 0 Å². The molecular formula is C11H22N2O3. The average molecular weight is 230 g/mol. The molecule has 1 unspecified atom stereocenters. The Hall–Kier alpha value is -0.650. The lowest BCUT2D eigenvalue weighted by Crippen LogP contribution is -2.50. The largest absolute Gasteiger partial charge is 0.394 e. The van der Waals surface area contributed by atoms with Crippen molar-refractivity contribution in [2.75, 3.05) is 26.4 Å². The van der Waals surface area contributed by atoms with Gasteiger partial charge in [0.05, 0.1) is 25.9 Å². The molecule has 0 aromatic rings. The Morgan fingerprint density at radius 2 is 2.31 bits per heavy atom. The molecule has 0 spiro atoms. The van der Waals surface area contributed by atoms with Gasteiger partial charge in [0.2, 0.25) is 5.91 Å². The van der Waals surface area contributed by atoms with Crippen LogP contribution in [0.1, 0.15) is 26.7 Å². The van der Waals surface area contributed by atoms with Gasteiger partial charge in [0, 0.05) is 18.5 Å². The zero-order valence-corrected chi connectivity index (χ0v) is 10.1. The molecule has 0 bridgehead atoms. The maximum atomic E-state index is 11.9. The summed E-state index contributed by atoms with van der Waals surface area (Å²) in [5.74, 6) is 0.0564. The second-order valence-corrected chi connectivity index (χ2v) is 4.99. The predicted octanol–water partition coefficient (Wildman–Crippen LogP) is -0.276. The zero-order chi connectivity index (χ0) is 12.2. The SMILES string of the molecule is CC(C)(N)CCC(=O)N1CCOCC1CO. The van der Waals surface area contributed by atoms with Gasteiger partial charge in [-0.05, 0) is 20.3 Å². The highest BCUT2D eigenvalue weighted by Crippen LogP contribution is 2.13. The van der Waals surface area contributed by atoms with Crippen LogP contribution in [-0.2, 0) is 9.53 Å². The number of nitrogens with two attached hydrogens (primary N) is 1. The maximum absolute atomic E-state index is 11.9. The number of hydrogen-bond acceptors (Lipinski definition) is 4. The average Bonchev–Trinajstić information content (AvgIpc) is 2.25. The minimum Gasteiger partial charge on any atom is -0.394 e. The normalized spacial score (nSPS) is 22.2. The van der Waals surface area contributed by atoms with Crippen molar-refractivity contribution in [3.05, 3.63) is 0 Å². The van der Waals surface area contributed by atoms with Crippen molar-refractivity contribution in [1.29, 1.82) is 0 Å². The molecule has 1 aliphatic rings. The fourth-order valence-electron chi connectivity index (χ4n) is 1.71. The monoisotopic (exact) mass is 230 g/mol. The van der Waals surface area contributed by atoms with Gasteiger partial charge in [-0.3, -0.25) is 4.79 Å². The van der Waals surface area contributed by atoms with E-state index in [4.69, 9.17) is 15.6 Å². The molecule has 3 N–H and O–H groups in total. The number of nitrogens with zero attached hydrogens (tertiary/aromatic N) is 1. The lowest BCUT2D eigenvalue weighted by molar-refractivity contribution is -0.141. The van der Waals surface area contributed by atoms with Crippen molar-refractivity contribution >= 4 is 5.91 Å². The van der Waals surface area contributed by atoms with Crippen LogP contribution >= 0.6 is 0 Å². The third-order valence-corrected chi connectivity index (χ3v) is 2.74. The molecule has 0 aliphatic carbocycles. The van der Waals surface area contributed by atoms with Crippen LogP contribution in [0.3, 0.4) is 0 Å². The molecule has 0 radical (unpaired) electrons. The van der Waals surface area contributed by atoms with Crippen molar-refractivity contribution < 1.29 is 14.6 Å².